The summed E-state index contributed by atoms with van der Waals surface area (Å²) < 4.78 is 0. The highest BCUT2D eigenvalue weighted by atomic mass is 31.1. The highest BCUT2D eigenvalue weighted by Crippen LogP contribution is 2.81. The maximum atomic E-state index is 2.50. The molecule has 4 aliphatic heterocycles. The molecule has 0 aliphatic carbocycles. The normalized spacial score (nSPS) is 41.6. The number of hydrogen-bond donors (Lipinski definition) is 0. The molecule has 4 bridgehead atoms. The predicted octanol–water partition coefficient (Wildman–Crippen LogP) is 6.76. The van der Waals surface area contributed by atoms with Crippen molar-refractivity contribution in [3.8, 4) is 0 Å². The van der Waals surface area contributed by atoms with Gasteiger partial charge in [0, 0.05) is 11.3 Å². The van der Waals surface area contributed by atoms with Gasteiger partial charge in [-0.1, -0.05) is 29.2 Å². The number of fused-ring (bicyclic) bond motifs is 4. The van der Waals surface area contributed by atoms with Gasteiger partial charge < -0.3 is 0 Å². The van der Waals surface area contributed by atoms with E-state index in [-0.39, 0.29) is 15.8 Å². The van der Waals surface area contributed by atoms with Gasteiger partial charge >= 0.3 is 0 Å². The van der Waals surface area contributed by atoms with Gasteiger partial charge in [0.15, 0.2) is 0 Å². The lowest BCUT2D eigenvalue weighted by Gasteiger charge is -2.31. The smallest absolute Gasteiger partial charge is 0.0148 e. The standard InChI is InChI=1S/C19H26P2/c1-10-14(5)20-8-16(10)11(2)17(20)18-13(4)19(7)9-21(18)15(6)12(19)3/h16H,8-9H2,1-7H3/t16-,19-,20+,21+/m0/s1. The topological polar surface area (TPSA) is 0 Å². The lowest BCUT2D eigenvalue weighted by molar-refractivity contribution is 0.561. The van der Waals surface area contributed by atoms with Crippen LogP contribution in [0.2, 0.25) is 0 Å². The third-order valence-corrected chi connectivity index (χ3v) is 13.3. The van der Waals surface area contributed by atoms with Crippen molar-refractivity contribution in [2.24, 2.45) is 11.3 Å². The van der Waals surface area contributed by atoms with Crippen LogP contribution in [-0.2, 0) is 0 Å². The van der Waals surface area contributed by atoms with Gasteiger partial charge in [-0.25, -0.2) is 0 Å². The van der Waals surface area contributed by atoms with Crippen LogP contribution >= 0.6 is 15.8 Å². The Kier molecular flexibility index (Phi) is 2.89. The summed E-state index contributed by atoms with van der Waals surface area (Å²) in [5, 5.41) is 7.18. The first-order valence-corrected chi connectivity index (χ1v) is 11.2. The summed E-state index contributed by atoms with van der Waals surface area (Å²) in [5.74, 6) is 0.792. The zero-order valence-electron chi connectivity index (χ0n) is 14.4. The predicted molar refractivity (Wildman–Crippen MR) is 97.3 cm³/mol. The van der Waals surface area contributed by atoms with Gasteiger partial charge in [-0.15, -0.1) is 0 Å². The molecule has 4 heterocycles. The van der Waals surface area contributed by atoms with Crippen molar-refractivity contribution in [1.82, 2.24) is 0 Å². The molecule has 0 radical (unpaired) electrons. The minimum Gasteiger partial charge on any atom is -0.0620 e. The second-order valence-electron chi connectivity index (χ2n) is 7.57. The molecule has 4 aliphatic rings. The summed E-state index contributed by atoms with van der Waals surface area (Å²) in [6, 6.07) is 0. The van der Waals surface area contributed by atoms with Crippen molar-refractivity contribution in [3.63, 3.8) is 0 Å². The molecule has 2 heteroatoms. The summed E-state index contributed by atoms with van der Waals surface area (Å²) >= 11 is 0. The minimum atomic E-state index is -0.00854. The molecule has 4 atom stereocenters. The van der Waals surface area contributed by atoms with Crippen LogP contribution in [0, 0.1) is 11.3 Å². The zero-order valence-corrected chi connectivity index (χ0v) is 16.2. The fraction of sp³-hybridized carbons (Fsp3) is 0.579. The molecule has 0 unspecified atom stereocenters. The van der Waals surface area contributed by atoms with E-state index in [1.807, 2.05) is 10.6 Å². The van der Waals surface area contributed by atoms with E-state index in [4.69, 9.17) is 0 Å². The number of hydrogen-bond acceptors (Lipinski definition) is 0. The van der Waals surface area contributed by atoms with Crippen molar-refractivity contribution in [1.29, 1.82) is 0 Å². The first-order valence-electron chi connectivity index (χ1n) is 8.12. The SMILES string of the molecule is CC1=C(C)[P@@]2C[C@@H]1C(C)=C2C1=C(C)[C@@]2(C)C[P@]1C(C)=C2C. The van der Waals surface area contributed by atoms with Crippen molar-refractivity contribution < 1.29 is 0 Å². The monoisotopic (exact) mass is 316 g/mol. The summed E-state index contributed by atoms with van der Waals surface area (Å²) in [6.45, 7) is 17.0. The Hall–Kier alpha value is -0.180. The van der Waals surface area contributed by atoms with E-state index in [9.17, 15) is 0 Å². The molecule has 0 fully saturated rings. The van der Waals surface area contributed by atoms with E-state index in [0.717, 1.165) is 5.92 Å². The largest absolute Gasteiger partial charge is 0.0620 e. The average molecular weight is 316 g/mol. The summed E-state index contributed by atoms with van der Waals surface area (Å²) in [5.41, 5.74) is 7.25. The van der Waals surface area contributed by atoms with E-state index in [1.165, 1.54) is 12.3 Å². The van der Waals surface area contributed by atoms with Crippen molar-refractivity contribution >= 4 is 15.8 Å². The van der Waals surface area contributed by atoms with E-state index >= 15 is 0 Å². The molecule has 0 aromatic heterocycles. The maximum absolute atomic E-state index is 2.50. The third kappa shape index (κ3) is 1.50. The van der Waals surface area contributed by atoms with E-state index in [0.29, 0.717) is 5.41 Å². The van der Waals surface area contributed by atoms with Crippen molar-refractivity contribution in [3.05, 3.63) is 43.5 Å². The highest BCUT2D eigenvalue weighted by molar-refractivity contribution is 7.73. The van der Waals surface area contributed by atoms with Gasteiger partial charge in [-0.3, -0.25) is 0 Å². The van der Waals surface area contributed by atoms with Gasteiger partial charge in [-0.05, 0) is 91.0 Å². The first kappa shape index (κ1) is 14.4. The quantitative estimate of drug-likeness (QED) is 0.469. The molecule has 0 aromatic carbocycles. The molecule has 112 valence electrons. The molecule has 21 heavy (non-hydrogen) atoms. The molecule has 0 N–H and O–H groups in total. The summed E-state index contributed by atoms with van der Waals surface area (Å²) in [7, 11) is 0.00915. The van der Waals surface area contributed by atoms with Crippen molar-refractivity contribution in [2.45, 2.75) is 48.5 Å². The van der Waals surface area contributed by atoms with Gasteiger partial charge in [0.05, 0.1) is 0 Å². The van der Waals surface area contributed by atoms with Crippen LogP contribution in [0.3, 0.4) is 0 Å². The Bertz CT molecular complexity index is 701. The molecule has 0 nitrogen and oxygen atoms in total. The van der Waals surface area contributed by atoms with E-state index < -0.39 is 0 Å². The van der Waals surface area contributed by atoms with Crippen LogP contribution in [0.5, 0.6) is 0 Å². The molecular formula is C19H26P2. The second-order valence-corrected chi connectivity index (χ2v) is 12.2. The third-order valence-electron chi connectivity index (χ3n) is 6.96. The van der Waals surface area contributed by atoms with E-state index in [1.54, 1.807) is 32.9 Å². The van der Waals surface area contributed by atoms with Crippen LogP contribution in [0.4, 0.5) is 0 Å². The van der Waals surface area contributed by atoms with Crippen LogP contribution in [0.15, 0.2) is 43.5 Å². The highest BCUT2D eigenvalue weighted by Gasteiger charge is 2.52. The number of rotatable bonds is 1. The molecule has 0 amide bonds. The van der Waals surface area contributed by atoms with Crippen LogP contribution in [-0.4, -0.2) is 12.3 Å². The van der Waals surface area contributed by atoms with Crippen molar-refractivity contribution in [2.75, 3.05) is 12.3 Å². The van der Waals surface area contributed by atoms with Crippen LogP contribution in [0.1, 0.15) is 48.5 Å². The summed E-state index contributed by atoms with van der Waals surface area (Å²) in [4.78, 5) is 0. The maximum Gasteiger partial charge on any atom is 0.0148 e. The first-order chi connectivity index (χ1) is 9.79. The van der Waals surface area contributed by atoms with Crippen LogP contribution in [0.25, 0.3) is 0 Å². The molecule has 0 aromatic rings. The molecule has 0 saturated heterocycles. The van der Waals surface area contributed by atoms with Gasteiger partial charge in [0.25, 0.3) is 0 Å². The molecule has 0 saturated carbocycles. The lowest BCUT2D eigenvalue weighted by Crippen LogP contribution is -2.17. The Balaban J connectivity index is 1.86. The average Bonchev–Trinajstić information content (AvgIpc) is 3.07. The van der Waals surface area contributed by atoms with Gasteiger partial charge in [-0.2, -0.15) is 0 Å². The molecular weight excluding hydrogens is 290 g/mol. The molecule has 4 rings (SSSR count). The van der Waals surface area contributed by atoms with Gasteiger partial charge in [0.1, 0.15) is 0 Å². The minimum absolute atomic E-state index is 0.00854. The van der Waals surface area contributed by atoms with Crippen LogP contribution < -0.4 is 0 Å². The Labute approximate surface area is 132 Å². The fourth-order valence-electron chi connectivity index (χ4n) is 4.91. The van der Waals surface area contributed by atoms with Gasteiger partial charge in [0.2, 0.25) is 0 Å². The number of allylic oxidation sites excluding steroid dienone is 8. The molecule has 0 spiro atoms. The Morgan fingerprint density at radius 1 is 0.810 bits per heavy atom. The summed E-state index contributed by atoms with van der Waals surface area (Å²) in [6.07, 6.45) is 2.85. The van der Waals surface area contributed by atoms with E-state index in [2.05, 4.69) is 48.5 Å². The zero-order chi connectivity index (χ0) is 15.3. The Morgan fingerprint density at radius 3 is 2.05 bits per heavy atom. The Morgan fingerprint density at radius 2 is 1.48 bits per heavy atom. The second kappa shape index (κ2) is 4.21. The lowest BCUT2D eigenvalue weighted by atomic mass is 9.78. The fourth-order valence-corrected chi connectivity index (χ4v) is 12.5.